The zero-order valence-electron chi connectivity index (χ0n) is 10.9. The van der Waals surface area contributed by atoms with Gasteiger partial charge in [0.05, 0.1) is 0 Å². The number of rotatable bonds is 7. The van der Waals surface area contributed by atoms with Gasteiger partial charge in [-0.3, -0.25) is 4.79 Å². The van der Waals surface area contributed by atoms with E-state index in [0.717, 1.165) is 35.8 Å². The van der Waals surface area contributed by atoms with E-state index in [2.05, 4.69) is 19.1 Å². The predicted octanol–water partition coefficient (Wildman–Crippen LogP) is 4.63. The molecule has 0 saturated heterocycles. The number of benzene rings is 1. The molecule has 0 aromatic heterocycles. The van der Waals surface area contributed by atoms with Crippen LogP contribution in [-0.4, -0.2) is 6.29 Å². The van der Waals surface area contributed by atoms with E-state index in [-0.39, 0.29) is 0 Å². The van der Waals surface area contributed by atoms with Crippen LogP contribution in [0.2, 0.25) is 0 Å². The average Bonchev–Trinajstić information content (AvgIpc) is 2.39. The van der Waals surface area contributed by atoms with Gasteiger partial charge < -0.3 is 0 Å². The van der Waals surface area contributed by atoms with Gasteiger partial charge in [-0.15, -0.1) is 0 Å². The van der Waals surface area contributed by atoms with Crippen molar-refractivity contribution in [3.8, 4) is 0 Å². The molecule has 1 aromatic carbocycles. The summed E-state index contributed by atoms with van der Waals surface area (Å²) >= 11 is 0. The monoisotopic (exact) mass is 230 g/mol. The molecule has 0 N–H and O–H groups in total. The number of aldehydes is 1. The summed E-state index contributed by atoms with van der Waals surface area (Å²) in [5.41, 5.74) is 3.23. The van der Waals surface area contributed by atoms with Crippen LogP contribution >= 0.6 is 0 Å². The van der Waals surface area contributed by atoms with Gasteiger partial charge in [-0.2, -0.15) is 0 Å². The molecular weight excluding hydrogens is 208 g/mol. The van der Waals surface area contributed by atoms with Crippen LogP contribution < -0.4 is 0 Å². The number of carbonyl (C=O) groups is 1. The normalized spacial score (nSPS) is 12.1. The maximum atomic E-state index is 11.1. The second-order valence-corrected chi connectivity index (χ2v) is 4.44. The van der Waals surface area contributed by atoms with Crippen LogP contribution in [0.4, 0.5) is 0 Å². The Morgan fingerprint density at radius 3 is 2.41 bits per heavy atom. The maximum absolute atomic E-state index is 11.1. The van der Waals surface area contributed by atoms with Crippen molar-refractivity contribution in [2.45, 2.75) is 46.0 Å². The van der Waals surface area contributed by atoms with Crippen molar-refractivity contribution < 1.29 is 4.79 Å². The zero-order chi connectivity index (χ0) is 12.5. The van der Waals surface area contributed by atoms with Gasteiger partial charge in [0, 0.05) is 0 Å². The molecule has 0 saturated carbocycles. The zero-order valence-corrected chi connectivity index (χ0v) is 10.9. The molecular formula is C16H22O. The summed E-state index contributed by atoms with van der Waals surface area (Å²) < 4.78 is 0. The van der Waals surface area contributed by atoms with Crippen molar-refractivity contribution >= 4 is 11.9 Å². The van der Waals surface area contributed by atoms with E-state index >= 15 is 0 Å². The van der Waals surface area contributed by atoms with Gasteiger partial charge in [0.1, 0.15) is 6.29 Å². The summed E-state index contributed by atoms with van der Waals surface area (Å²) in [6.45, 7) is 4.24. The summed E-state index contributed by atoms with van der Waals surface area (Å²) in [5, 5.41) is 0. The first-order valence-electron chi connectivity index (χ1n) is 6.50. The van der Waals surface area contributed by atoms with Gasteiger partial charge in [0.15, 0.2) is 0 Å². The van der Waals surface area contributed by atoms with Crippen LogP contribution in [0, 0.1) is 0 Å². The van der Waals surface area contributed by atoms with Gasteiger partial charge in [-0.05, 0) is 36.5 Å². The third kappa shape index (κ3) is 4.56. The molecule has 0 spiro atoms. The highest BCUT2D eigenvalue weighted by molar-refractivity contribution is 5.87. The lowest BCUT2D eigenvalue weighted by Gasteiger charge is -2.07. The van der Waals surface area contributed by atoms with Crippen molar-refractivity contribution in [2.24, 2.45) is 0 Å². The minimum atomic E-state index is 0.907. The number of carbonyl (C=O) groups excluding carboxylic acids is 1. The Labute approximate surface area is 105 Å². The fourth-order valence-electron chi connectivity index (χ4n) is 1.95. The molecule has 0 amide bonds. The first kappa shape index (κ1) is 13.7. The van der Waals surface area contributed by atoms with E-state index in [1.807, 2.05) is 25.1 Å². The molecule has 0 atom stereocenters. The number of unbranched alkanes of at least 4 members (excludes halogenated alkanes) is 3. The summed E-state index contributed by atoms with van der Waals surface area (Å²) in [5.74, 6) is 0. The van der Waals surface area contributed by atoms with E-state index in [9.17, 15) is 4.79 Å². The summed E-state index contributed by atoms with van der Waals surface area (Å²) in [4.78, 5) is 11.1. The highest BCUT2D eigenvalue weighted by atomic mass is 16.1. The Kier molecular flexibility index (Phi) is 6.31. The fourth-order valence-corrected chi connectivity index (χ4v) is 1.95. The molecule has 1 heteroatoms. The first-order chi connectivity index (χ1) is 8.29. The quantitative estimate of drug-likeness (QED) is 0.379. The molecule has 1 nitrogen and oxygen atoms in total. The highest BCUT2D eigenvalue weighted by Crippen LogP contribution is 2.20. The summed E-state index contributed by atoms with van der Waals surface area (Å²) in [7, 11) is 0. The van der Waals surface area contributed by atoms with E-state index in [4.69, 9.17) is 0 Å². The molecule has 0 aliphatic carbocycles. The third-order valence-corrected chi connectivity index (χ3v) is 3.13. The van der Waals surface area contributed by atoms with E-state index in [0.29, 0.717) is 0 Å². The second kappa shape index (κ2) is 7.83. The Bertz CT molecular complexity index is 362. The third-order valence-electron chi connectivity index (χ3n) is 3.13. The van der Waals surface area contributed by atoms with Crippen LogP contribution in [0.5, 0.6) is 0 Å². The molecule has 0 unspecified atom stereocenters. The van der Waals surface area contributed by atoms with E-state index in [1.165, 1.54) is 19.3 Å². The Morgan fingerprint density at radius 2 is 1.82 bits per heavy atom. The molecule has 1 aromatic rings. The SMILES string of the molecule is CCCCCCC(C=O)=C(C)c1ccccc1. The molecule has 0 aliphatic heterocycles. The lowest BCUT2D eigenvalue weighted by atomic mass is 9.98. The average molecular weight is 230 g/mol. The molecule has 0 fully saturated rings. The minimum absolute atomic E-state index is 0.907. The Morgan fingerprint density at radius 1 is 1.12 bits per heavy atom. The standard InChI is InChI=1S/C16H22O/c1-3-4-5-7-12-16(13-17)14(2)15-10-8-6-9-11-15/h6,8-11,13H,3-5,7,12H2,1-2H3. The molecule has 1 rings (SSSR count). The molecule has 0 heterocycles. The lowest BCUT2D eigenvalue weighted by molar-refractivity contribution is -0.105. The largest absolute Gasteiger partial charge is 0.298 e. The van der Waals surface area contributed by atoms with Crippen molar-refractivity contribution in [2.75, 3.05) is 0 Å². The second-order valence-electron chi connectivity index (χ2n) is 4.44. The topological polar surface area (TPSA) is 17.1 Å². The van der Waals surface area contributed by atoms with Gasteiger partial charge in [-0.1, -0.05) is 56.5 Å². The highest BCUT2D eigenvalue weighted by Gasteiger charge is 2.03. The van der Waals surface area contributed by atoms with Crippen LogP contribution in [-0.2, 0) is 4.79 Å². The van der Waals surface area contributed by atoms with Gasteiger partial charge in [0.2, 0.25) is 0 Å². The number of allylic oxidation sites excluding steroid dienone is 2. The number of hydrogen-bond donors (Lipinski definition) is 0. The minimum Gasteiger partial charge on any atom is -0.298 e. The first-order valence-corrected chi connectivity index (χ1v) is 6.50. The fraction of sp³-hybridized carbons (Fsp3) is 0.438. The van der Waals surface area contributed by atoms with Gasteiger partial charge >= 0.3 is 0 Å². The Hall–Kier alpha value is -1.37. The van der Waals surface area contributed by atoms with Crippen LogP contribution in [0.3, 0.4) is 0 Å². The van der Waals surface area contributed by atoms with Crippen LogP contribution in [0.1, 0.15) is 51.5 Å². The van der Waals surface area contributed by atoms with E-state index < -0.39 is 0 Å². The van der Waals surface area contributed by atoms with Gasteiger partial charge in [-0.25, -0.2) is 0 Å². The van der Waals surface area contributed by atoms with Crippen molar-refractivity contribution in [1.82, 2.24) is 0 Å². The van der Waals surface area contributed by atoms with Crippen molar-refractivity contribution in [3.63, 3.8) is 0 Å². The summed E-state index contributed by atoms with van der Waals surface area (Å²) in [6, 6.07) is 10.1. The molecule has 0 aliphatic rings. The molecule has 92 valence electrons. The Balaban J connectivity index is 2.67. The van der Waals surface area contributed by atoms with Crippen LogP contribution in [0.15, 0.2) is 35.9 Å². The predicted molar refractivity (Wildman–Crippen MR) is 73.9 cm³/mol. The molecule has 0 bridgehead atoms. The molecule has 0 radical (unpaired) electrons. The van der Waals surface area contributed by atoms with Gasteiger partial charge in [0.25, 0.3) is 0 Å². The van der Waals surface area contributed by atoms with Crippen molar-refractivity contribution in [3.05, 3.63) is 41.5 Å². The lowest BCUT2D eigenvalue weighted by Crippen LogP contribution is -1.92. The van der Waals surface area contributed by atoms with E-state index in [1.54, 1.807) is 0 Å². The smallest absolute Gasteiger partial charge is 0.146 e. The molecule has 17 heavy (non-hydrogen) atoms. The van der Waals surface area contributed by atoms with Crippen molar-refractivity contribution in [1.29, 1.82) is 0 Å². The summed E-state index contributed by atoms with van der Waals surface area (Å²) in [6.07, 6.45) is 6.76. The maximum Gasteiger partial charge on any atom is 0.146 e. The van der Waals surface area contributed by atoms with Crippen LogP contribution in [0.25, 0.3) is 5.57 Å². The number of hydrogen-bond acceptors (Lipinski definition) is 1.